The second kappa shape index (κ2) is 7.62. The van der Waals surface area contributed by atoms with Crippen molar-refractivity contribution >= 4 is 17.6 Å². The fourth-order valence-electron chi connectivity index (χ4n) is 1.65. The Morgan fingerprint density at radius 2 is 1.89 bits per heavy atom. The Balaban J connectivity index is 2.70. The molecule has 0 aliphatic rings. The fraction of sp³-hybridized carbons (Fsp3) is 0.714. The van der Waals surface area contributed by atoms with Gasteiger partial charge in [-0.25, -0.2) is 9.97 Å². The van der Waals surface area contributed by atoms with Gasteiger partial charge in [-0.15, -0.1) is 0 Å². The molecule has 0 aliphatic heterocycles. The third kappa shape index (κ3) is 5.71. The van der Waals surface area contributed by atoms with Gasteiger partial charge in [0, 0.05) is 18.8 Å². The minimum atomic E-state index is 0.626. The van der Waals surface area contributed by atoms with E-state index in [0.717, 1.165) is 41.2 Å². The first-order valence-electron chi connectivity index (χ1n) is 6.63. The number of rotatable bonds is 7. The van der Waals surface area contributed by atoms with E-state index >= 15 is 0 Å². The molecule has 1 N–H and O–H groups in total. The number of aromatic nitrogens is 2. The molecule has 0 bridgehead atoms. The predicted molar refractivity (Wildman–Crippen MR) is 81.1 cm³/mol. The maximum atomic E-state index is 4.65. The molecule has 1 aromatic rings. The normalized spacial score (nSPS) is 11.3. The van der Waals surface area contributed by atoms with Crippen molar-refractivity contribution in [3.8, 4) is 0 Å². The Morgan fingerprint density at radius 1 is 1.17 bits per heavy atom. The molecule has 0 saturated carbocycles. The lowest BCUT2D eigenvalue weighted by Gasteiger charge is -2.10. The minimum Gasteiger partial charge on any atom is -0.373 e. The average Bonchev–Trinajstić information content (AvgIpc) is 2.27. The van der Waals surface area contributed by atoms with E-state index < -0.39 is 0 Å². The summed E-state index contributed by atoms with van der Waals surface area (Å²) in [5, 5.41) is 3.12. The molecule has 102 valence electrons. The average molecular weight is 267 g/mol. The SMILES string of the molecule is CNc1cc(CC(C)C)nc(CSCC(C)C)n1. The molecule has 0 saturated heterocycles. The molecule has 0 aromatic carbocycles. The number of hydrogen-bond acceptors (Lipinski definition) is 4. The predicted octanol–water partition coefficient (Wildman–Crippen LogP) is 3.61. The maximum absolute atomic E-state index is 4.65. The number of nitrogens with one attached hydrogen (secondary N) is 1. The van der Waals surface area contributed by atoms with Crippen LogP contribution in [-0.2, 0) is 12.2 Å². The molecule has 0 radical (unpaired) electrons. The Hall–Kier alpha value is -0.770. The van der Waals surface area contributed by atoms with Gasteiger partial charge in [0.25, 0.3) is 0 Å². The third-order valence-electron chi connectivity index (χ3n) is 2.38. The highest BCUT2D eigenvalue weighted by atomic mass is 32.2. The van der Waals surface area contributed by atoms with Crippen LogP contribution in [0.1, 0.15) is 39.2 Å². The molecule has 1 rings (SSSR count). The van der Waals surface area contributed by atoms with Gasteiger partial charge in [0.1, 0.15) is 11.6 Å². The number of anilines is 1. The molecule has 0 unspecified atom stereocenters. The topological polar surface area (TPSA) is 37.8 Å². The zero-order chi connectivity index (χ0) is 13.5. The second-order valence-electron chi connectivity index (χ2n) is 5.42. The molecule has 4 heteroatoms. The molecule has 0 atom stereocenters. The van der Waals surface area contributed by atoms with Gasteiger partial charge in [0.05, 0.1) is 5.75 Å². The highest BCUT2D eigenvalue weighted by molar-refractivity contribution is 7.98. The van der Waals surface area contributed by atoms with Gasteiger partial charge in [-0.3, -0.25) is 0 Å². The molecule has 0 spiro atoms. The van der Waals surface area contributed by atoms with Gasteiger partial charge < -0.3 is 5.32 Å². The molecule has 0 amide bonds. The number of hydrogen-bond donors (Lipinski definition) is 1. The largest absolute Gasteiger partial charge is 0.373 e. The van der Waals surface area contributed by atoms with Crippen LogP contribution < -0.4 is 5.32 Å². The lowest BCUT2D eigenvalue weighted by Crippen LogP contribution is -2.05. The van der Waals surface area contributed by atoms with Crippen LogP contribution >= 0.6 is 11.8 Å². The van der Waals surface area contributed by atoms with Gasteiger partial charge in [0.15, 0.2) is 0 Å². The maximum Gasteiger partial charge on any atom is 0.140 e. The van der Waals surface area contributed by atoms with E-state index in [1.54, 1.807) is 0 Å². The minimum absolute atomic E-state index is 0.626. The van der Waals surface area contributed by atoms with Crippen molar-refractivity contribution < 1.29 is 0 Å². The summed E-state index contributed by atoms with van der Waals surface area (Å²) in [6, 6.07) is 2.05. The quantitative estimate of drug-likeness (QED) is 0.819. The molecular weight excluding hydrogens is 242 g/mol. The summed E-state index contributed by atoms with van der Waals surface area (Å²) in [5.41, 5.74) is 1.14. The van der Waals surface area contributed by atoms with Crippen LogP contribution in [0.15, 0.2) is 6.07 Å². The summed E-state index contributed by atoms with van der Waals surface area (Å²) < 4.78 is 0. The molecule has 1 aromatic heterocycles. The summed E-state index contributed by atoms with van der Waals surface area (Å²) in [7, 11) is 1.91. The Kier molecular flexibility index (Phi) is 6.47. The van der Waals surface area contributed by atoms with Crippen molar-refractivity contribution in [2.24, 2.45) is 11.8 Å². The molecule has 18 heavy (non-hydrogen) atoms. The van der Waals surface area contributed by atoms with Crippen LogP contribution in [-0.4, -0.2) is 22.8 Å². The lowest BCUT2D eigenvalue weighted by atomic mass is 10.1. The van der Waals surface area contributed by atoms with Crippen LogP contribution in [0.4, 0.5) is 5.82 Å². The van der Waals surface area contributed by atoms with E-state index in [4.69, 9.17) is 0 Å². The number of nitrogens with zero attached hydrogens (tertiary/aromatic N) is 2. The number of thioether (sulfide) groups is 1. The van der Waals surface area contributed by atoms with E-state index in [-0.39, 0.29) is 0 Å². The summed E-state index contributed by atoms with van der Waals surface area (Å²) in [5.74, 6) is 5.29. The Labute approximate surface area is 115 Å². The highest BCUT2D eigenvalue weighted by Crippen LogP contribution is 2.16. The molecule has 1 heterocycles. The van der Waals surface area contributed by atoms with Crippen molar-refractivity contribution in [3.05, 3.63) is 17.6 Å². The van der Waals surface area contributed by atoms with Crippen molar-refractivity contribution in [1.82, 2.24) is 9.97 Å². The van der Waals surface area contributed by atoms with E-state index in [1.807, 2.05) is 18.8 Å². The molecule has 0 fully saturated rings. The van der Waals surface area contributed by atoms with E-state index in [1.165, 1.54) is 0 Å². The first-order chi connectivity index (χ1) is 8.51. The molecule has 0 aliphatic carbocycles. The van der Waals surface area contributed by atoms with E-state index in [2.05, 4.69) is 49.0 Å². The van der Waals surface area contributed by atoms with E-state index in [9.17, 15) is 0 Å². The fourth-order valence-corrected chi connectivity index (χ4v) is 2.55. The Morgan fingerprint density at radius 3 is 2.44 bits per heavy atom. The first-order valence-corrected chi connectivity index (χ1v) is 7.79. The summed E-state index contributed by atoms with van der Waals surface area (Å²) in [6.07, 6.45) is 1.01. The van der Waals surface area contributed by atoms with Gasteiger partial charge in [-0.1, -0.05) is 27.7 Å². The smallest absolute Gasteiger partial charge is 0.140 e. The molecule has 3 nitrogen and oxygen atoms in total. The lowest BCUT2D eigenvalue weighted by molar-refractivity contribution is 0.632. The highest BCUT2D eigenvalue weighted by Gasteiger charge is 2.06. The van der Waals surface area contributed by atoms with Crippen LogP contribution in [0, 0.1) is 11.8 Å². The standard InChI is InChI=1S/C14H25N3S/c1-10(2)6-12-7-13(15-5)17-14(16-12)9-18-8-11(3)4/h7,10-11H,6,8-9H2,1-5H3,(H,15,16,17). The van der Waals surface area contributed by atoms with Crippen LogP contribution in [0.25, 0.3) is 0 Å². The van der Waals surface area contributed by atoms with E-state index in [0.29, 0.717) is 5.92 Å². The molecular formula is C14H25N3S. The summed E-state index contributed by atoms with van der Waals surface area (Å²) in [6.45, 7) is 8.91. The third-order valence-corrected chi connectivity index (χ3v) is 3.75. The van der Waals surface area contributed by atoms with Crippen molar-refractivity contribution in [2.45, 2.75) is 39.9 Å². The van der Waals surface area contributed by atoms with Gasteiger partial charge in [-0.05, 0) is 24.0 Å². The van der Waals surface area contributed by atoms with Crippen molar-refractivity contribution in [1.29, 1.82) is 0 Å². The zero-order valence-electron chi connectivity index (χ0n) is 12.2. The van der Waals surface area contributed by atoms with Crippen LogP contribution in [0.2, 0.25) is 0 Å². The van der Waals surface area contributed by atoms with Crippen LogP contribution in [0.5, 0.6) is 0 Å². The summed E-state index contributed by atoms with van der Waals surface area (Å²) in [4.78, 5) is 9.16. The van der Waals surface area contributed by atoms with Gasteiger partial charge in [-0.2, -0.15) is 11.8 Å². The van der Waals surface area contributed by atoms with Crippen molar-refractivity contribution in [2.75, 3.05) is 18.1 Å². The van der Waals surface area contributed by atoms with Crippen LogP contribution in [0.3, 0.4) is 0 Å². The van der Waals surface area contributed by atoms with Gasteiger partial charge >= 0.3 is 0 Å². The second-order valence-corrected chi connectivity index (χ2v) is 6.45. The first kappa shape index (κ1) is 15.3. The summed E-state index contributed by atoms with van der Waals surface area (Å²) >= 11 is 1.91. The monoisotopic (exact) mass is 267 g/mol. The van der Waals surface area contributed by atoms with Gasteiger partial charge in [0.2, 0.25) is 0 Å². The van der Waals surface area contributed by atoms with Crippen molar-refractivity contribution in [3.63, 3.8) is 0 Å². The zero-order valence-corrected chi connectivity index (χ0v) is 13.0. The Bertz CT molecular complexity index is 364.